The van der Waals surface area contributed by atoms with Crippen LogP contribution >= 0.6 is 12.2 Å². The predicted molar refractivity (Wildman–Crippen MR) is 81.1 cm³/mol. The molecule has 110 valence electrons. The second-order valence-corrected chi connectivity index (χ2v) is 6.85. The Morgan fingerprint density at radius 2 is 2.10 bits per heavy atom. The van der Waals surface area contributed by atoms with Crippen LogP contribution in [0.1, 0.15) is 25.3 Å². The summed E-state index contributed by atoms with van der Waals surface area (Å²) in [4.78, 5) is 0.208. The third-order valence-electron chi connectivity index (χ3n) is 3.26. The van der Waals surface area contributed by atoms with Gasteiger partial charge < -0.3 is 10.5 Å². The van der Waals surface area contributed by atoms with E-state index in [-0.39, 0.29) is 22.0 Å². The molecule has 0 heterocycles. The lowest BCUT2D eigenvalue weighted by molar-refractivity contribution is -0.00475. The smallest absolute Gasteiger partial charge is 0.241 e. The van der Waals surface area contributed by atoms with Crippen LogP contribution in [0.15, 0.2) is 29.2 Å². The minimum absolute atomic E-state index is 0.0757. The number of hydrogen-bond acceptors (Lipinski definition) is 4. The first-order valence-electron chi connectivity index (χ1n) is 6.46. The normalized spacial score (nSPS) is 22.2. The highest BCUT2D eigenvalue weighted by atomic mass is 32.2. The third-order valence-corrected chi connectivity index (χ3v) is 5.06. The lowest BCUT2D eigenvalue weighted by Gasteiger charge is -2.35. The lowest BCUT2D eigenvalue weighted by Crippen LogP contribution is -2.47. The van der Waals surface area contributed by atoms with Crippen molar-refractivity contribution in [3.8, 4) is 0 Å². The van der Waals surface area contributed by atoms with E-state index in [1.165, 1.54) is 6.07 Å². The summed E-state index contributed by atoms with van der Waals surface area (Å²) in [6, 6.07) is 6.40. The molecule has 5 nitrogen and oxygen atoms in total. The van der Waals surface area contributed by atoms with Gasteiger partial charge in [-0.15, -0.1) is 0 Å². The molecule has 1 aliphatic rings. The van der Waals surface area contributed by atoms with Crippen LogP contribution in [0.25, 0.3) is 0 Å². The maximum absolute atomic E-state index is 12.4. The van der Waals surface area contributed by atoms with Gasteiger partial charge in [-0.25, -0.2) is 13.1 Å². The van der Waals surface area contributed by atoms with E-state index in [9.17, 15) is 8.42 Å². The molecule has 1 aromatic rings. The number of ether oxygens (including phenoxy) is 1. The summed E-state index contributed by atoms with van der Waals surface area (Å²) >= 11 is 4.89. The zero-order chi connectivity index (χ0) is 14.8. The number of sulfonamides is 1. The zero-order valence-corrected chi connectivity index (χ0v) is 12.8. The maximum atomic E-state index is 12.4. The molecule has 7 heteroatoms. The number of benzene rings is 1. The van der Waals surface area contributed by atoms with Gasteiger partial charge in [-0.05, 0) is 25.8 Å². The molecule has 20 heavy (non-hydrogen) atoms. The van der Waals surface area contributed by atoms with Crippen LogP contribution in [0, 0.1) is 0 Å². The fourth-order valence-electron chi connectivity index (χ4n) is 2.22. The van der Waals surface area contributed by atoms with Gasteiger partial charge in [-0.1, -0.05) is 30.4 Å². The largest absolute Gasteiger partial charge is 0.389 e. The van der Waals surface area contributed by atoms with E-state index >= 15 is 0 Å². The summed E-state index contributed by atoms with van der Waals surface area (Å²) in [6.45, 7) is 2.57. The van der Waals surface area contributed by atoms with E-state index in [1.807, 2.05) is 6.92 Å². The third kappa shape index (κ3) is 3.35. The molecule has 1 aromatic carbocycles. The molecule has 0 aromatic heterocycles. The average molecular weight is 314 g/mol. The number of nitrogens with two attached hydrogens (primary N) is 1. The second kappa shape index (κ2) is 6.17. The molecule has 0 aliphatic heterocycles. The Labute approximate surface area is 124 Å². The topological polar surface area (TPSA) is 81.4 Å². The summed E-state index contributed by atoms with van der Waals surface area (Å²) < 4.78 is 32.8. The second-order valence-electron chi connectivity index (χ2n) is 4.73. The molecular formula is C13H18N2O3S2. The first kappa shape index (κ1) is 15.4. The molecule has 3 N–H and O–H groups in total. The van der Waals surface area contributed by atoms with Crippen LogP contribution in [0.4, 0.5) is 0 Å². The monoisotopic (exact) mass is 314 g/mol. The number of thiocarbonyl (C=S) groups is 1. The molecule has 0 atom stereocenters. The summed E-state index contributed by atoms with van der Waals surface area (Å²) in [5.41, 5.74) is 5.94. The standard InChI is InChI=1S/C13H18N2O3S2/c1-2-18-10-7-9(8-10)15-20(16,17)12-6-4-3-5-11(12)13(14)19/h3-6,9-10,15H,2,7-8H2,1H3,(H2,14,19). The Hall–Kier alpha value is -1.02. The van der Waals surface area contributed by atoms with Crippen LogP contribution in [0.2, 0.25) is 0 Å². The van der Waals surface area contributed by atoms with Crippen LogP contribution in [0.5, 0.6) is 0 Å². The lowest BCUT2D eigenvalue weighted by atomic mass is 9.90. The van der Waals surface area contributed by atoms with Gasteiger partial charge in [-0.3, -0.25) is 0 Å². The highest BCUT2D eigenvalue weighted by molar-refractivity contribution is 7.89. The molecule has 0 amide bonds. The Balaban J connectivity index is 2.10. The predicted octanol–water partition coefficient (Wildman–Crippen LogP) is 1.17. The molecule has 0 radical (unpaired) electrons. The first-order valence-corrected chi connectivity index (χ1v) is 8.36. The average Bonchev–Trinajstić information content (AvgIpc) is 2.36. The van der Waals surface area contributed by atoms with Crippen molar-refractivity contribution in [1.82, 2.24) is 4.72 Å². The fraction of sp³-hybridized carbons (Fsp3) is 0.462. The van der Waals surface area contributed by atoms with Crippen molar-refractivity contribution >= 4 is 27.2 Å². The summed E-state index contributed by atoms with van der Waals surface area (Å²) in [7, 11) is -3.61. The summed E-state index contributed by atoms with van der Waals surface area (Å²) in [5.74, 6) is 0. The van der Waals surface area contributed by atoms with Gasteiger partial charge in [0.25, 0.3) is 0 Å². The number of rotatable bonds is 6. The van der Waals surface area contributed by atoms with Crippen molar-refractivity contribution in [3.63, 3.8) is 0 Å². The number of hydrogen-bond donors (Lipinski definition) is 2. The van der Waals surface area contributed by atoms with E-state index in [2.05, 4.69) is 4.72 Å². The highest BCUT2D eigenvalue weighted by Crippen LogP contribution is 2.25. The Bertz CT molecular complexity index is 595. The molecule has 0 bridgehead atoms. The Morgan fingerprint density at radius 1 is 1.45 bits per heavy atom. The van der Waals surface area contributed by atoms with E-state index in [4.69, 9.17) is 22.7 Å². The van der Waals surface area contributed by atoms with Gasteiger partial charge in [0.05, 0.1) is 11.0 Å². The van der Waals surface area contributed by atoms with Gasteiger partial charge in [0.1, 0.15) is 4.99 Å². The van der Waals surface area contributed by atoms with E-state index in [0.717, 1.165) is 0 Å². The van der Waals surface area contributed by atoms with E-state index in [0.29, 0.717) is 25.0 Å². The quantitative estimate of drug-likeness (QED) is 0.770. The van der Waals surface area contributed by atoms with Crippen molar-refractivity contribution in [2.45, 2.75) is 36.8 Å². The van der Waals surface area contributed by atoms with Gasteiger partial charge in [0, 0.05) is 18.2 Å². The van der Waals surface area contributed by atoms with Crippen LogP contribution < -0.4 is 10.5 Å². The van der Waals surface area contributed by atoms with Crippen LogP contribution in [0.3, 0.4) is 0 Å². The SMILES string of the molecule is CCOC1CC(NS(=O)(=O)c2ccccc2C(N)=S)C1. The van der Waals surface area contributed by atoms with Gasteiger partial charge >= 0.3 is 0 Å². The van der Waals surface area contributed by atoms with Crippen molar-refractivity contribution < 1.29 is 13.2 Å². The molecular weight excluding hydrogens is 296 g/mol. The minimum Gasteiger partial charge on any atom is -0.389 e. The molecule has 2 rings (SSSR count). The summed E-state index contributed by atoms with van der Waals surface area (Å²) in [6.07, 6.45) is 1.54. The minimum atomic E-state index is -3.61. The van der Waals surface area contributed by atoms with Gasteiger partial charge in [-0.2, -0.15) is 0 Å². The fourth-order valence-corrected chi connectivity index (χ4v) is 3.95. The van der Waals surface area contributed by atoms with Gasteiger partial charge in [0.2, 0.25) is 10.0 Å². The van der Waals surface area contributed by atoms with Crippen molar-refractivity contribution in [2.75, 3.05) is 6.61 Å². The number of nitrogens with one attached hydrogen (secondary N) is 1. The van der Waals surface area contributed by atoms with E-state index < -0.39 is 10.0 Å². The zero-order valence-electron chi connectivity index (χ0n) is 11.2. The first-order chi connectivity index (χ1) is 9.44. The molecule has 1 fully saturated rings. The maximum Gasteiger partial charge on any atom is 0.241 e. The molecule has 0 spiro atoms. The molecule has 1 aliphatic carbocycles. The summed E-state index contributed by atoms with van der Waals surface area (Å²) in [5, 5.41) is 0. The van der Waals surface area contributed by atoms with Gasteiger partial charge in [0.15, 0.2) is 0 Å². The Kier molecular flexibility index (Phi) is 4.74. The van der Waals surface area contributed by atoms with Crippen molar-refractivity contribution in [1.29, 1.82) is 0 Å². The highest BCUT2D eigenvalue weighted by Gasteiger charge is 2.33. The molecule has 1 saturated carbocycles. The molecule has 0 saturated heterocycles. The Morgan fingerprint density at radius 3 is 2.70 bits per heavy atom. The van der Waals surface area contributed by atoms with E-state index in [1.54, 1.807) is 18.2 Å². The molecule has 0 unspecified atom stereocenters. The van der Waals surface area contributed by atoms with Crippen molar-refractivity contribution in [2.24, 2.45) is 5.73 Å². The van der Waals surface area contributed by atoms with Crippen molar-refractivity contribution in [3.05, 3.63) is 29.8 Å². The van der Waals surface area contributed by atoms with Crippen LogP contribution in [-0.4, -0.2) is 32.2 Å². The van der Waals surface area contributed by atoms with Crippen LogP contribution in [-0.2, 0) is 14.8 Å².